The summed E-state index contributed by atoms with van der Waals surface area (Å²) in [6.07, 6.45) is 3.98. The lowest BCUT2D eigenvalue weighted by molar-refractivity contribution is -0.147. The average Bonchev–Trinajstić information content (AvgIpc) is 2.04. The summed E-state index contributed by atoms with van der Waals surface area (Å²) >= 11 is 0. The Hall–Kier alpha value is -0.570. The monoisotopic (exact) mass is 169 g/mol. The van der Waals surface area contributed by atoms with Gasteiger partial charge in [0.15, 0.2) is 0 Å². The van der Waals surface area contributed by atoms with Crippen molar-refractivity contribution in [1.82, 2.24) is 0 Å². The van der Waals surface area contributed by atoms with Gasteiger partial charge >= 0.3 is 5.97 Å². The summed E-state index contributed by atoms with van der Waals surface area (Å²) in [6.45, 7) is 0. The van der Waals surface area contributed by atoms with Crippen LogP contribution < -0.4 is 5.73 Å². The number of rotatable bonds is 1. The molecule has 3 aliphatic carbocycles. The average molecular weight is 169 g/mol. The number of carboxylic acids is 1. The van der Waals surface area contributed by atoms with Gasteiger partial charge in [0.25, 0.3) is 0 Å². The fourth-order valence-electron chi connectivity index (χ4n) is 2.78. The van der Waals surface area contributed by atoms with Crippen LogP contribution in [0.1, 0.15) is 25.7 Å². The lowest BCUT2D eigenvalue weighted by atomic mass is 9.62. The largest absolute Gasteiger partial charge is 0.481 e. The SMILES string of the molecule is NC1CC2CCC1CC2C(=O)O. The Labute approximate surface area is 71.9 Å². The van der Waals surface area contributed by atoms with Gasteiger partial charge in [-0.05, 0) is 37.5 Å². The predicted molar refractivity (Wildman–Crippen MR) is 44.5 cm³/mol. The number of aliphatic carboxylic acids is 1. The van der Waals surface area contributed by atoms with Crippen molar-refractivity contribution in [2.24, 2.45) is 23.5 Å². The van der Waals surface area contributed by atoms with E-state index in [-0.39, 0.29) is 12.0 Å². The Morgan fingerprint density at radius 3 is 2.33 bits per heavy atom. The highest BCUT2D eigenvalue weighted by Gasteiger charge is 2.43. The van der Waals surface area contributed by atoms with Crippen LogP contribution >= 0.6 is 0 Å². The molecule has 3 heteroatoms. The van der Waals surface area contributed by atoms with Crippen molar-refractivity contribution in [3.05, 3.63) is 0 Å². The summed E-state index contributed by atoms with van der Waals surface area (Å²) in [6, 6.07) is 0.277. The van der Waals surface area contributed by atoms with Gasteiger partial charge in [-0.25, -0.2) is 0 Å². The molecule has 2 bridgehead atoms. The van der Waals surface area contributed by atoms with Crippen LogP contribution in [-0.4, -0.2) is 17.1 Å². The van der Waals surface area contributed by atoms with E-state index in [9.17, 15) is 4.79 Å². The smallest absolute Gasteiger partial charge is 0.306 e. The molecule has 0 radical (unpaired) electrons. The first-order valence-electron chi connectivity index (χ1n) is 4.67. The first-order valence-corrected chi connectivity index (χ1v) is 4.67. The molecule has 68 valence electrons. The third kappa shape index (κ3) is 1.12. The minimum absolute atomic E-state index is 0.0939. The Kier molecular flexibility index (Phi) is 1.83. The van der Waals surface area contributed by atoms with Crippen molar-refractivity contribution >= 4 is 5.97 Å². The van der Waals surface area contributed by atoms with Gasteiger partial charge in [-0.15, -0.1) is 0 Å². The quantitative estimate of drug-likeness (QED) is 0.611. The topological polar surface area (TPSA) is 63.3 Å². The summed E-state index contributed by atoms with van der Waals surface area (Å²) in [5.41, 5.74) is 5.89. The van der Waals surface area contributed by atoms with Crippen LogP contribution in [0.4, 0.5) is 0 Å². The van der Waals surface area contributed by atoms with E-state index in [1.807, 2.05) is 0 Å². The van der Waals surface area contributed by atoms with Crippen LogP contribution in [0.25, 0.3) is 0 Å². The molecule has 4 unspecified atom stereocenters. The molecule has 3 saturated carbocycles. The fourth-order valence-corrected chi connectivity index (χ4v) is 2.78. The van der Waals surface area contributed by atoms with Crippen LogP contribution in [0.2, 0.25) is 0 Å². The van der Waals surface area contributed by atoms with Crippen molar-refractivity contribution in [3.8, 4) is 0 Å². The van der Waals surface area contributed by atoms with Crippen molar-refractivity contribution < 1.29 is 9.90 Å². The molecular weight excluding hydrogens is 154 g/mol. The molecular formula is C9H15NO2. The van der Waals surface area contributed by atoms with E-state index in [0.29, 0.717) is 11.8 Å². The zero-order chi connectivity index (χ0) is 8.72. The minimum atomic E-state index is -0.614. The van der Waals surface area contributed by atoms with Gasteiger partial charge in [0.05, 0.1) is 5.92 Å². The second kappa shape index (κ2) is 2.73. The van der Waals surface area contributed by atoms with Crippen LogP contribution in [0.3, 0.4) is 0 Å². The van der Waals surface area contributed by atoms with Crippen molar-refractivity contribution in [3.63, 3.8) is 0 Å². The van der Waals surface area contributed by atoms with Crippen LogP contribution in [0, 0.1) is 17.8 Å². The summed E-state index contributed by atoms with van der Waals surface area (Å²) in [4.78, 5) is 10.8. The van der Waals surface area contributed by atoms with E-state index in [1.54, 1.807) is 0 Å². The summed E-state index contributed by atoms with van der Waals surface area (Å²) in [5.74, 6) is 0.138. The molecule has 3 aliphatic rings. The van der Waals surface area contributed by atoms with Crippen LogP contribution in [-0.2, 0) is 4.79 Å². The number of fused-ring (bicyclic) bond motifs is 3. The van der Waals surface area contributed by atoms with E-state index in [0.717, 1.165) is 25.7 Å². The Balaban J connectivity index is 2.10. The van der Waals surface area contributed by atoms with Gasteiger partial charge in [-0.2, -0.15) is 0 Å². The Bertz CT molecular complexity index is 205. The molecule has 0 aromatic carbocycles. The van der Waals surface area contributed by atoms with E-state index in [2.05, 4.69) is 0 Å². The number of carboxylic acid groups (broad SMARTS) is 1. The maximum Gasteiger partial charge on any atom is 0.306 e. The normalized spacial score (nSPS) is 46.1. The van der Waals surface area contributed by atoms with Crippen molar-refractivity contribution in [2.45, 2.75) is 31.7 Å². The standard InChI is InChI=1S/C9H15NO2/c10-8-4-5-1-2-6(8)3-7(5)9(11)12/h5-8H,1-4,10H2,(H,11,12). The van der Waals surface area contributed by atoms with E-state index < -0.39 is 5.97 Å². The first kappa shape index (κ1) is 8.05. The van der Waals surface area contributed by atoms with Crippen LogP contribution in [0.5, 0.6) is 0 Å². The second-order valence-corrected chi connectivity index (χ2v) is 4.18. The molecule has 0 aromatic rings. The van der Waals surface area contributed by atoms with Gasteiger partial charge in [0.2, 0.25) is 0 Å². The van der Waals surface area contributed by atoms with E-state index in [1.165, 1.54) is 0 Å². The van der Waals surface area contributed by atoms with Gasteiger partial charge in [0, 0.05) is 6.04 Å². The molecule has 0 spiro atoms. The number of nitrogens with two attached hydrogens (primary N) is 1. The predicted octanol–water partition coefficient (Wildman–Crippen LogP) is 0.834. The molecule has 0 heterocycles. The van der Waals surface area contributed by atoms with Gasteiger partial charge in [-0.3, -0.25) is 4.79 Å². The molecule has 12 heavy (non-hydrogen) atoms. The third-order valence-electron chi connectivity index (χ3n) is 3.53. The molecule has 4 atom stereocenters. The van der Waals surface area contributed by atoms with E-state index in [4.69, 9.17) is 10.8 Å². The van der Waals surface area contributed by atoms with Crippen molar-refractivity contribution in [2.75, 3.05) is 0 Å². The Morgan fingerprint density at radius 2 is 1.92 bits per heavy atom. The highest BCUT2D eigenvalue weighted by Crippen LogP contribution is 2.44. The molecule has 0 aliphatic heterocycles. The number of carbonyl (C=O) groups is 1. The number of hydrogen-bond acceptors (Lipinski definition) is 2. The minimum Gasteiger partial charge on any atom is -0.481 e. The first-order chi connectivity index (χ1) is 5.68. The van der Waals surface area contributed by atoms with Gasteiger partial charge in [0.1, 0.15) is 0 Å². The maximum absolute atomic E-state index is 10.8. The zero-order valence-corrected chi connectivity index (χ0v) is 7.07. The summed E-state index contributed by atoms with van der Waals surface area (Å²) < 4.78 is 0. The molecule has 0 aromatic heterocycles. The lowest BCUT2D eigenvalue weighted by Crippen LogP contribution is -2.47. The molecule has 3 nitrogen and oxygen atoms in total. The molecule has 3 fully saturated rings. The van der Waals surface area contributed by atoms with E-state index >= 15 is 0 Å². The number of hydrogen-bond donors (Lipinski definition) is 2. The Morgan fingerprint density at radius 1 is 1.25 bits per heavy atom. The van der Waals surface area contributed by atoms with Crippen LogP contribution in [0.15, 0.2) is 0 Å². The summed E-state index contributed by atoms with van der Waals surface area (Å²) in [5, 5.41) is 8.91. The highest BCUT2D eigenvalue weighted by atomic mass is 16.4. The lowest BCUT2D eigenvalue weighted by Gasteiger charge is -2.44. The van der Waals surface area contributed by atoms with Gasteiger partial charge < -0.3 is 10.8 Å². The molecule has 0 amide bonds. The van der Waals surface area contributed by atoms with Crippen molar-refractivity contribution in [1.29, 1.82) is 0 Å². The molecule has 0 saturated heterocycles. The summed E-state index contributed by atoms with van der Waals surface area (Å²) in [7, 11) is 0. The molecule has 3 N–H and O–H groups in total. The fraction of sp³-hybridized carbons (Fsp3) is 0.889. The second-order valence-electron chi connectivity index (χ2n) is 4.18. The zero-order valence-electron chi connectivity index (χ0n) is 7.07. The third-order valence-corrected chi connectivity index (χ3v) is 3.53. The molecule has 3 rings (SSSR count). The van der Waals surface area contributed by atoms with Gasteiger partial charge in [-0.1, -0.05) is 0 Å². The maximum atomic E-state index is 10.8. The highest BCUT2D eigenvalue weighted by molar-refractivity contribution is 5.70.